The van der Waals surface area contributed by atoms with Gasteiger partial charge in [-0.05, 0) is 63.0 Å². The minimum Gasteiger partial charge on any atom is -0.346 e. The van der Waals surface area contributed by atoms with Crippen LogP contribution in [-0.4, -0.2) is 49.9 Å². The predicted octanol–water partition coefficient (Wildman–Crippen LogP) is 5.59. The lowest BCUT2D eigenvalue weighted by molar-refractivity contribution is -0.140. The first-order valence-electron chi connectivity index (χ1n) is 11.8. The predicted molar refractivity (Wildman–Crippen MR) is 138 cm³/mol. The molecule has 3 heterocycles. The standard InChI is InChI=1S/C27H23F4N7O/c1-15-4-5-17(26(39)34-20-9-19(13-37(2)3)24(28)21(11-20)27(29,30)31)10-23(15)38-14-22(35-36-38)18-8-16-6-7-32-25(16)33-12-18/h4-12,14H,13H2,1-3H3,(H,32,33)(H,34,39). The molecule has 3 aromatic heterocycles. The monoisotopic (exact) mass is 537 g/mol. The fourth-order valence-corrected chi connectivity index (χ4v) is 4.21. The van der Waals surface area contributed by atoms with Crippen molar-refractivity contribution in [1.82, 2.24) is 29.9 Å². The smallest absolute Gasteiger partial charge is 0.346 e. The quantitative estimate of drug-likeness (QED) is 0.276. The van der Waals surface area contributed by atoms with E-state index in [0.717, 1.165) is 22.2 Å². The Morgan fingerprint density at radius 3 is 2.67 bits per heavy atom. The SMILES string of the molecule is Cc1ccc(C(=O)Nc2cc(CN(C)C)c(F)c(C(F)(F)F)c2)cc1-n1cc(-c2cnc3[nH]ccc3c2)nn1. The number of nitrogens with zero attached hydrogens (tertiary/aromatic N) is 5. The number of aromatic nitrogens is 5. The van der Waals surface area contributed by atoms with Gasteiger partial charge in [0, 0.05) is 46.7 Å². The summed E-state index contributed by atoms with van der Waals surface area (Å²) < 4.78 is 56.5. The van der Waals surface area contributed by atoms with E-state index in [1.54, 1.807) is 50.9 Å². The van der Waals surface area contributed by atoms with Crippen LogP contribution in [0.1, 0.15) is 27.0 Å². The number of anilines is 1. The third kappa shape index (κ3) is 5.36. The zero-order chi connectivity index (χ0) is 27.9. The molecule has 5 rings (SSSR count). The Morgan fingerprint density at radius 2 is 1.92 bits per heavy atom. The molecule has 0 aliphatic rings. The fraction of sp³-hybridized carbons (Fsp3) is 0.185. The van der Waals surface area contributed by atoms with Crippen molar-refractivity contribution in [2.24, 2.45) is 0 Å². The molecule has 0 saturated heterocycles. The maximum Gasteiger partial charge on any atom is 0.419 e. The van der Waals surface area contributed by atoms with E-state index < -0.39 is 23.5 Å². The highest BCUT2D eigenvalue weighted by molar-refractivity contribution is 6.04. The van der Waals surface area contributed by atoms with Gasteiger partial charge in [-0.25, -0.2) is 14.1 Å². The van der Waals surface area contributed by atoms with Crippen LogP contribution in [0.5, 0.6) is 0 Å². The molecule has 0 fully saturated rings. The average molecular weight is 538 g/mol. The van der Waals surface area contributed by atoms with Crippen molar-refractivity contribution in [2.75, 3.05) is 19.4 Å². The van der Waals surface area contributed by atoms with Crippen molar-refractivity contribution >= 4 is 22.6 Å². The second-order valence-electron chi connectivity index (χ2n) is 9.38. The van der Waals surface area contributed by atoms with Crippen molar-refractivity contribution in [3.05, 3.63) is 89.1 Å². The van der Waals surface area contributed by atoms with E-state index in [-0.39, 0.29) is 23.4 Å². The van der Waals surface area contributed by atoms with Crippen LogP contribution >= 0.6 is 0 Å². The number of amides is 1. The van der Waals surface area contributed by atoms with Crippen molar-refractivity contribution in [1.29, 1.82) is 0 Å². The minimum absolute atomic E-state index is 0.0749. The molecule has 0 aliphatic heterocycles. The Balaban J connectivity index is 1.44. The number of benzene rings is 2. The zero-order valence-electron chi connectivity index (χ0n) is 21.1. The van der Waals surface area contributed by atoms with Crippen molar-refractivity contribution < 1.29 is 22.4 Å². The van der Waals surface area contributed by atoms with Gasteiger partial charge in [-0.1, -0.05) is 11.3 Å². The van der Waals surface area contributed by atoms with Crippen molar-refractivity contribution in [2.45, 2.75) is 19.6 Å². The molecule has 5 aromatic rings. The highest BCUT2D eigenvalue weighted by Gasteiger charge is 2.36. The lowest BCUT2D eigenvalue weighted by Crippen LogP contribution is -2.18. The van der Waals surface area contributed by atoms with Gasteiger partial charge in [0.25, 0.3) is 5.91 Å². The largest absolute Gasteiger partial charge is 0.419 e. The summed E-state index contributed by atoms with van der Waals surface area (Å²) in [7, 11) is 3.22. The molecule has 0 saturated carbocycles. The number of carbonyl (C=O) groups is 1. The second-order valence-corrected chi connectivity index (χ2v) is 9.38. The number of fused-ring (bicyclic) bond motifs is 1. The summed E-state index contributed by atoms with van der Waals surface area (Å²) in [5.74, 6) is -2.02. The van der Waals surface area contributed by atoms with Gasteiger partial charge in [0.05, 0.1) is 17.4 Å². The van der Waals surface area contributed by atoms with E-state index in [1.807, 2.05) is 19.1 Å². The van der Waals surface area contributed by atoms with Crippen LogP contribution in [0, 0.1) is 12.7 Å². The zero-order valence-corrected chi connectivity index (χ0v) is 21.1. The summed E-state index contributed by atoms with van der Waals surface area (Å²) >= 11 is 0. The number of rotatable bonds is 6. The van der Waals surface area contributed by atoms with E-state index in [4.69, 9.17) is 0 Å². The molecule has 0 unspecified atom stereocenters. The van der Waals surface area contributed by atoms with E-state index in [9.17, 15) is 22.4 Å². The molecule has 8 nitrogen and oxygen atoms in total. The van der Waals surface area contributed by atoms with Gasteiger partial charge in [-0.2, -0.15) is 13.2 Å². The van der Waals surface area contributed by atoms with Crippen LogP contribution in [0.3, 0.4) is 0 Å². The van der Waals surface area contributed by atoms with E-state index in [2.05, 4.69) is 25.6 Å². The maximum absolute atomic E-state index is 14.6. The third-order valence-corrected chi connectivity index (χ3v) is 6.11. The van der Waals surface area contributed by atoms with Gasteiger partial charge >= 0.3 is 6.18 Å². The molecule has 12 heteroatoms. The Labute approximate surface area is 220 Å². The number of nitrogens with one attached hydrogen (secondary N) is 2. The van der Waals surface area contributed by atoms with Gasteiger partial charge in [0.1, 0.15) is 17.2 Å². The molecular weight excluding hydrogens is 514 g/mol. The van der Waals surface area contributed by atoms with Crippen LogP contribution in [-0.2, 0) is 12.7 Å². The number of H-pyrrole nitrogens is 1. The van der Waals surface area contributed by atoms with Gasteiger partial charge in [-0.15, -0.1) is 5.10 Å². The summed E-state index contributed by atoms with van der Waals surface area (Å²) in [6.07, 6.45) is 0.237. The maximum atomic E-state index is 14.6. The number of carbonyl (C=O) groups excluding carboxylic acids is 1. The van der Waals surface area contributed by atoms with Gasteiger partial charge in [0.2, 0.25) is 0 Å². The third-order valence-electron chi connectivity index (χ3n) is 6.11. The Kier molecular flexibility index (Phi) is 6.64. The Morgan fingerprint density at radius 1 is 1.13 bits per heavy atom. The highest BCUT2D eigenvalue weighted by atomic mass is 19.4. The molecule has 0 atom stereocenters. The molecule has 1 amide bonds. The Hall–Kier alpha value is -4.58. The highest BCUT2D eigenvalue weighted by Crippen LogP contribution is 2.35. The van der Waals surface area contributed by atoms with Crippen LogP contribution in [0.2, 0.25) is 0 Å². The van der Waals surface area contributed by atoms with Gasteiger partial charge < -0.3 is 15.2 Å². The molecule has 0 radical (unpaired) electrons. The van der Waals surface area contributed by atoms with Crippen molar-refractivity contribution in [3.63, 3.8) is 0 Å². The van der Waals surface area contributed by atoms with Gasteiger partial charge in [-0.3, -0.25) is 4.79 Å². The first kappa shape index (κ1) is 26.0. The number of aromatic amines is 1. The number of hydrogen-bond donors (Lipinski definition) is 2. The number of aryl methyl sites for hydroxylation is 1. The van der Waals surface area contributed by atoms with E-state index >= 15 is 0 Å². The molecule has 200 valence electrons. The van der Waals surface area contributed by atoms with Crippen molar-refractivity contribution in [3.8, 4) is 16.9 Å². The molecule has 2 aromatic carbocycles. The number of hydrogen-bond acceptors (Lipinski definition) is 5. The number of alkyl halides is 3. The summed E-state index contributed by atoms with van der Waals surface area (Å²) in [4.78, 5) is 22.0. The number of halogens is 4. The molecule has 0 aliphatic carbocycles. The van der Waals surface area contributed by atoms with Crippen LogP contribution in [0.15, 0.2) is 61.1 Å². The topological polar surface area (TPSA) is 91.7 Å². The molecule has 39 heavy (non-hydrogen) atoms. The van der Waals surface area contributed by atoms with E-state index in [0.29, 0.717) is 17.4 Å². The summed E-state index contributed by atoms with van der Waals surface area (Å²) in [6.45, 7) is 1.75. The molecule has 0 spiro atoms. The first-order chi connectivity index (χ1) is 18.5. The van der Waals surface area contributed by atoms with Crippen LogP contribution < -0.4 is 5.32 Å². The molecule has 2 N–H and O–H groups in total. The summed E-state index contributed by atoms with van der Waals surface area (Å²) in [5.41, 5.74) is 1.81. The molecular formula is C27H23F4N7O. The first-order valence-corrected chi connectivity index (χ1v) is 11.8. The summed E-state index contributed by atoms with van der Waals surface area (Å²) in [5, 5.41) is 11.8. The lowest BCUT2D eigenvalue weighted by atomic mass is 10.1. The second kappa shape index (κ2) is 9.95. The summed E-state index contributed by atoms with van der Waals surface area (Å²) in [6, 6.07) is 10.4. The lowest BCUT2D eigenvalue weighted by Gasteiger charge is -2.17. The average Bonchev–Trinajstić information content (AvgIpc) is 3.54. The molecule has 0 bridgehead atoms. The van der Waals surface area contributed by atoms with E-state index in [1.165, 1.54) is 15.6 Å². The fourth-order valence-electron chi connectivity index (χ4n) is 4.21. The minimum atomic E-state index is -4.92. The van der Waals surface area contributed by atoms with Crippen LogP contribution in [0.4, 0.5) is 23.2 Å². The van der Waals surface area contributed by atoms with Crippen LogP contribution in [0.25, 0.3) is 28.0 Å². The van der Waals surface area contributed by atoms with Gasteiger partial charge in [0.15, 0.2) is 0 Å². The normalized spacial score (nSPS) is 11.9. The Bertz CT molecular complexity index is 1690. The number of pyridine rings is 1.